The van der Waals surface area contributed by atoms with Crippen molar-refractivity contribution in [1.29, 1.82) is 5.41 Å². The number of hydrogen-bond acceptors (Lipinski definition) is 4. The highest BCUT2D eigenvalue weighted by Crippen LogP contribution is 2.15. The molecule has 86 valence electrons. The molecule has 2 aromatic rings. The van der Waals surface area contributed by atoms with E-state index in [9.17, 15) is 4.79 Å². The minimum atomic E-state index is -0.230. The number of aromatic nitrogens is 2. The fraction of sp³-hybridized carbons (Fsp3) is 0.0833. The number of hydrogen-bond donors (Lipinski definition) is 2. The summed E-state index contributed by atoms with van der Waals surface area (Å²) in [5.74, 6) is 0.117. The lowest BCUT2D eigenvalue weighted by molar-refractivity contribution is 0.401. The molecule has 0 saturated heterocycles. The van der Waals surface area contributed by atoms with E-state index in [-0.39, 0.29) is 11.5 Å². The summed E-state index contributed by atoms with van der Waals surface area (Å²) in [5, 5.41) is 13.8. The van der Waals surface area contributed by atoms with Crippen molar-refractivity contribution in [3.8, 4) is 11.3 Å². The predicted molar refractivity (Wildman–Crippen MR) is 64.1 cm³/mol. The largest absolute Gasteiger partial charge is 0.481 e. The van der Waals surface area contributed by atoms with Crippen molar-refractivity contribution >= 4 is 5.90 Å². The van der Waals surface area contributed by atoms with E-state index in [1.807, 2.05) is 12.1 Å². The minimum Gasteiger partial charge on any atom is -0.481 e. The summed E-state index contributed by atoms with van der Waals surface area (Å²) in [6.45, 7) is 0. The van der Waals surface area contributed by atoms with Gasteiger partial charge in [-0.15, -0.1) is 0 Å². The number of nitrogens with one attached hydrogen (secondary N) is 2. The van der Waals surface area contributed by atoms with Crippen LogP contribution in [0.4, 0.5) is 0 Å². The van der Waals surface area contributed by atoms with E-state index >= 15 is 0 Å². The summed E-state index contributed by atoms with van der Waals surface area (Å²) >= 11 is 0. The van der Waals surface area contributed by atoms with Gasteiger partial charge < -0.3 is 4.74 Å². The third-order valence-electron chi connectivity index (χ3n) is 2.33. The average molecular weight is 229 g/mol. The van der Waals surface area contributed by atoms with Crippen LogP contribution < -0.4 is 5.56 Å². The number of ether oxygens (including phenoxy) is 1. The van der Waals surface area contributed by atoms with Crippen LogP contribution >= 0.6 is 0 Å². The molecule has 0 radical (unpaired) electrons. The minimum absolute atomic E-state index is 0.117. The van der Waals surface area contributed by atoms with Crippen LogP contribution in [0.15, 0.2) is 41.2 Å². The zero-order chi connectivity index (χ0) is 12.3. The second-order valence-corrected chi connectivity index (χ2v) is 3.42. The van der Waals surface area contributed by atoms with Crippen molar-refractivity contribution < 1.29 is 4.74 Å². The topological polar surface area (TPSA) is 78.8 Å². The Hall–Kier alpha value is -2.43. The standard InChI is InChI=1S/C12H11N3O2/c1-17-12(13)9-4-2-8(3-5-9)10-6-7-11(16)15-14-10/h2-7,13H,1H3,(H,15,16). The molecule has 2 rings (SSSR count). The highest BCUT2D eigenvalue weighted by molar-refractivity contribution is 5.91. The van der Waals surface area contributed by atoms with E-state index < -0.39 is 0 Å². The molecule has 0 aliphatic carbocycles. The molecule has 5 heteroatoms. The third-order valence-corrected chi connectivity index (χ3v) is 2.33. The highest BCUT2D eigenvalue weighted by atomic mass is 16.5. The second kappa shape index (κ2) is 4.61. The van der Waals surface area contributed by atoms with Crippen LogP contribution in [0.25, 0.3) is 11.3 Å². The van der Waals surface area contributed by atoms with Gasteiger partial charge >= 0.3 is 0 Å². The summed E-state index contributed by atoms with van der Waals surface area (Å²) in [7, 11) is 1.46. The van der Waals surface area contributed by atoms with E-state index in [1.54, 1.807) is 18.2 Å². The first-order valence-electron chi connectivity index (χ1n) is 5.00. The molecule has 0 amide bonds. The van der Waals surface area contributed by atoms with Crippen molar-refractivity contribution in [3.63, 3.8) is 0 Å². The van der Waals surface area contributed by atoms with Crippen LogP contribution in [0.5, 0.6) is 0 Å². The van der Waals surface area contributed by atoms with Crippen LogP contribution in [0.2, 0.25) is 0 Å². The molecule has 0 fully saturated rings. The second-order valence-electron chi connectivity index (χ2n) is 3.42. The first-order chi connectivity index (χ1) is 8.20. The molecule has 0 saturated carbocycles. The first kappa shape index (κ1) is 11.1. The van der Waals surface area contributed by atoms with E-state index in [2.05, 4.69) is 10.2 Å². The van der Waals surface area contributed by atoms with E-state index in [4.69, 9.17) is 10.1 Å². The Bertz CT molecular complexity index is 567. The van der Waals surface area contributed by atoms with Gasteiger partial charge in [-0.05, 0) is 18.2 Å². The lowest BCUT2D eigenvalue weighted by Gasteiger charge is -2.03. The molecule has 5 nitrogen and oxygen atoms in total. The molecule has 0 atom stereocenters. The van der Waals surface area contributed by atoms with Crippen molar-refractivity contribution in [2.24, 2.45) is 0 Å². The predicted octanol–water partition coefficient (Wildman–Crippen LogP) is 1.41. The Morgan fingerprint density at radius 1 is 1.24 bits per heavy atom. The Balaban J connectivity index is 2.32. The monoisotopic (exact) mass is 229 g/mol. The first-order valence-corrected chi connectivity index (χ1v) is 5.00. The molecular weight excluding hydrogens is 218 g/mol. The summed E-state index contributed by atoms with van der Waals surface area (Å²) in [4.78, 5) is 10.9. The highest BCUT2D eigenvalue weighted by Gasteiger charge is 2.03. The summed E-state index contributed by atoms with van der Waals surface area (Å²) < 4.78 is 4.82. The van der Waals surface area contributed by atoms with Gasteiger partial charge in [-0.3, -0.25) is 10.2 Å². The number of nitrogens with zero attached hydrogens (tertiary/aromatic N) is 1. The Morgan fingerprint density at radius 2 is 1.94 bits per heavy atom. The van der Waals surface area contributed by atoms with Gasteiger partial charge in [-0.1, -0.05) is 12.1 Å². The lowest BCUT2D eigenvalue weighted by atomic mass is 10.1. The Labute approximate surface area is 97.6 Å². The molecule has 17 heavy (non-hydrogen) atoms. The number of methoxy groups -OCH3 is 1. The Morgan fingerprint density at radius 3 is 2.47 bits per heavy atom. The van der Waals surface area contributed by atoms with Gasteiger partial charge in [0.2, 0.25) is 5.90 Å². The van der Waals surface area contributed by atoms with E-state index in [0.717, 1.165) is 5.56 Å². The zero-order valence-electron chi connectivity index (χ0n) is 9.23. The summed E-state index contributed by atoms with van der Waals surface area (Å²) in [5.41, 5.74) is 2.02. The number of H-pyrrole nitrogens is 1. The molecule has 0 spiro atoms. The van der Waals surface area contributed by atoms with Gasteiger partial charge in [-0.2, -0.15) is 5.10 Å². The number of benzene rings is 1. The quantitative estimate of drug-likeness (QED) is 0.603. The molecule has 1 heterocycles. The van der Waals surface area contributed by atoms with Crippen molar-refractivity contribution in [2.45, 2.75) is 0 Å². The molecule has 0 unspecified atom stereocenters. The third kappa shape index (κ3) is 2.39. The van der Waals surface area contributed by atoms with Gasteiger partial charge in [0.25, 0.3) is 5.56 Å². The molecule has 0 bridgehead atoms. The summed E-state index contributed by atoms with van der Waals surface area (Å²) in [6.07, 6.45) is 0. The van der Waals surface area contributed by atoms with Crippen LogP contribution in [0.1, 0.15) is 5.56 Å². The van der Waals surface area contributed by atoms with Crippen LogP contribution in [0.3, 0.4) is 0 Å². The van der Waals surface area contributed by atoms with Crippen LogP contribution in [-0.2, 0) is 4.74 Å². The van der Waals surface area contributed by atoms with Gasteiger partial charge in [0.05, 0.1) is 12.8 Å². The zero-order valence-corrected chi connectivity index (χ0v) is 9.23. The molecular formula is C12H11N3O2. The van der Waals surface area contributed by atoms with Crippen LogP contribution in [-0.4, -0.2) is 23.2 Å². The maximum atomic E-state index is 10.9. The SMILES string of the molecule is COC(=N)c1ccc(-c2ccc(=O)[nH]n2)cc1. The fourth-order valence-corrected chi connectivity index (χ4v) is 1.42. The number of aromatic amines is 1. The summed E-state index contributed by atoms with van der Waals surface area (Å²) in [6, 6.07) is 10.3. The molecule has 2 N–H and O–H groups in total. The van der Waals surface area contributed by atoms with Crippen molar-refractivity contribution in [3.05, 3.63) is 52.3 Å². The van der Waals surface area contributed by atoms with Gasteiger partial charge in [0.15, 0.2) is 0 Å². The molecule has 1 aromatic heterocycles. The van der Waals surface area contributed by atoms with Gasteiger partial charge in [0.1, 0.15) is 0 Å². The van der Waals surface area contributed by atoms with E-state index in [0.29, 0.717) is 11.3 Å². The Kier molecular flexibility index (Phi) is 3.00. The normalized spacial score (nSPS) is 9.94. The maximum absolute atomic E-state index is 10.9. The molecule has 1 aromatic carbocycles. The van der Waals surface area contributed by atoms with Gasteiger partial charge in [-0.25, -0.2) is 5.10 Å². The number of rotatable bonds is 2. The molecule has 0 aliphatic rings. The van der Waals surface area contributed by atoms with Crippen molar-refractivity contribution in [2.75, 3.05) is 7.11 Å². The average Bonchev–Trinajstić information content (AvgIpc) is 2.39. The lowest BCUT2D eigenvalue weighted by Crippen LogP contribution is -2.05. The smallest absolute Gasteiger partial charge is 0.264 e. The van der Waals surface area contributed by atoms with Crippen molar-refractivity contribution in [1.82, 2.24) is 10.2 Å². The van der Waals surface area contributed by atoms with Crippen LogP contribution in [0, 0.1) is 5.41 Å². The van der Waals surface area contributed by atoms with E-state index in [1.165, 1.54) is 13.2 Å². The van der Waals surface area contributed by atoms with Gasteiger partial charge in [0, 0.05) is 17.2 Å². The maximum Gasteiger partial charge on any atom is 0.264 e. The fourth-order valence-electron chi connectivity index (χ4n) is 1.42. The molecule has 0 aliphatic heterocycles.